The summed E-state index contributed by atoms with van der Waals surface area (Å²) in [5.41, 5.74) is 6.90. The normalized spacial score (nSPS) is 18.2. The predicted octanol–water partition coefficient (Wildman–Crippen LogP) is 2.61. The van der Waals surface area contributed by atoms with Crippen LogP contribution in [0, 0.1) is 0 Å². The summed E-state index contributed by atoms with van der Waals surface area (Å²) >= 11 is 0. The molecule has 3 heteroatoms. The maximum Gasteiger partial charge on any atom is 0.122 e. The molecule has 19 heavy (non-hydrogen) atoms. The largest absolute Gasteiger partial charge is 0.493 e. The van der Waals surface area contributed by atoms with E-state index in [2.05, 4.69) is 36.2 Å². The molecule has 1 aliphatic heterocycles. The van der Waals surface area contributed by atoms with Crippen LogP contribution in [0.2, 0.25) is 0 Å². The molecule has 3 nitrogen and oxygen atoms in total. The Hall–Kier alpha value is -1.06. The molecule has 0 spiro atoms. The highest BCUT2D eigenvalue weighted by Gasteiger charge is 2.21. The molecule has 0 saturated heterocycles. The lowest BCUT2D eigenvalue weighted by Gasteiger charge is -2.29. The van der Waals surface area contributed by atoms with Gasteiger partial charge in [0.2, 0.25) is 0 Å². The number of rotatable bonds is 7. The van der Waals surface area contributed by atoms with Crippen LogP contribution >= 0.6 is 0 Å². The van der Waals surface area contributed by atoms with E-state index in [1.807, 2.05) is 0 Å². The number of unbranched alkanes of at least 4 members (excludes halogenated alkanes) is 2. The fourth-order valence-electron chi connectivity index (χ4n) is 2.78. The Labute approximate surface area is 116 Å². The van der Waals surface area contributed by atoms with Gasteiger partial charge in [-0.05, 0) is 51.0 Å². The van der Waals surface area contributed by atoms with E-state index in [1.54, 1.807) is 0 Å². The van der Waals surface area contributed by atoms with E-state index in [4.69, 9.17) is 10.5 Å². The van der Waals surface area contributed by atoms with Gasteiger partial charge >= 0.3 is 0 Å². The Bertz CT molecular complexity index is 381. The van der Waals surface area contributed by atoms with E-state index in [9.17, 15) is 0 Å². The summed E-state index contributed by atoms with van der Waals surface area (Å²) in [6, 6.07) is 8.46. The summed E-state index contributed by atoms with van der Waals surface area (Å²) < 4.78 is 5.72. The van der Waals surface area contributed by atoms with Gasteiger partial charge in [0.05, 0.1) is 6.61 Å². The molecule has 0 radical (unpaired) electrons. The number of nitrogens with two attached hydrogens (primary N) is 1. The van der Waals surface area contributed by atoms with Crippen LogP contribution in [0.1, 0.15) is 37.2 Å². The van der Waals surface area contributed by atoms with Crippen molar-refractivity contribution in [1.29, 1.82) is 0 Å². The van der Waals surface area contributed by atoms with E-state index < -0.39 is 0 Å². The first-order valence-electron chi connectivity index (χ1n) is 7.41. The van der Waals surface area contributed by atoms with E-state index in [0.717, 1.165) is 38.3 Å². The fraction of sp³-hybridized carbons (Fsp3) is 0.625. The molecule has 0 amide bonds. The summed E-state index contributed by atoms with van der Waals surface area (Å²) in [6.07, 6.45) is 4.77. The molecule has 0 bridgehead atoms. The third kappa shape index (κ3) is 4.22. The number of hydrogen-bond donors (Lipinski definition) is 1. The van der Waals surface area contributed by atoms with Gasteiger partial charge in [0.1, 0.15) is 5.75 Å². The minimum absolute atomic E-state index is 0.615. The zero-order valence-corrected chi connectivity index (χ0v) is 12.0. The summed E-state index contributed by atoms with van der Waals surface area (Å²) in [4.78, 5) is 2.45. The van der Waals surface area contributed by atoms with Crippen molar-refractivity contribution in [1.82, 2.24) is 4.90 Å². The van der Waals surface area contributed by atoms with E-state index in [-0.39, 0.29) is 0 Å². The van der Waals surface area contributed by atoms with Gasteiger partial charge in [-0.2, -0.15) is 0 Å². The van der Waals surface area contributed by atoms with Gasteiger partial charge < -0.3 is 15.4 Å². The number of hydrogen-bond acceptors (Lipinski definition) is 3. The van der Waals surface area contributed by atoms with Gasteiger partial charge in [-0.3, -0.25) is 0 Å². The van der Waals surface area contributed by atoms with E-state index in [0.29, 0.717) is 5.92 Å². The summed E-state index contributed by atoms with van der Waals surface area (Å²) in [7, 11) is 2.22. The van der Waals surface area contributed by atoms with Crippen molar-refractivity contribution in [2.75, 3.05) is 33.3 Å². The maximum atomic E-state index is 5.72. The monoisotopic (exact) mass is 262 g/mol. The first-order valence-corrected chi connectivity index (χ1v) is 7.41. The topological polar surface area (TPSA) is 38.5 Å². The highest BCUT2D eigenvalue weighted by molar-refractivity contribution is 5.37. The highest BCUT2D eigenvalue weighted by atomic mass is 16.5. The number of ether oxygens (including phenoxy) is 1. The second-order valence-electron chi connectivity index (χ2n) is 5.48. The van der Waals surface area contributed by atoms with Crippen LogP contribution in [-0.2, 0) is 0 Å². The van der Waals surface area contributed by atoms with Gasteiger partial charge in [0.15, 0.2) is 0 Å². The quantitative estimate of drug-likeness (QED) is 0.768. The number of nitrogens with zero attached hydrogens (tertiary/aromatic N) is 1. The molecule has 0 aliphatic carbocycles. The van der Waals surface area contributed by atoms with Crippen molar-refractivity contribution in [3.63, 3.8) is 0 Å². The van der Waals surface area contributed by atoms with Gasteiger partial charge in [0, 0.05) is 12.5 Å². The number of para-hydroxylation sites is 1. The molecule has 1 aromatic carbocycles. The smallest absolute Gasteiger partial charge is 0.122 e. The Morgan fingerprint density at radius 2 is 2.11 bits per heavy atom. The number of benzene rings is 1. The first-order chi connectivity index (χ1) is 9.31. The van der Waals surface area contributed by atoms with Crippen LogP contribution < -0.4 is 10.5 Å². The molecular formula is C16H26N2O. The van der Waals surface area contributed by atoms with Crippen molar-refractivity contribution in [2.45, 2.75) is 31.6 Å². The zero-order valence-electron chi connectivity index (χ0n) is 12.0. The average molecular weight is 262 g/mol. The molecule has 106 valence electrons. The lowest BCUT2D eigenvalue weighted by molar-refractivity contribution is 0.230. The Morgan fingerprint density at radius 3 is 2.95 bits per heavy atom. The second-order valence-corrected chi connectivity index (χ2v) is 5.48. The Kier molecular flexibility index (Phi) is 5.67. The van der Waals surface area contributed by atoms with Crippen LogP contribution in [0.4, 0.5) is 0 Å². The molecule has 0 aromatic heterocycles. The lowest BCUT2D eigenvalue weighted by atomic mass is 9.92. The Morgan fingerprint density at radius 1 is 1.26 bits per heavy atom. The lowest BCUT2D eigenvalue weighted by Crippen LogP contribution is -2.28. The van der Waals surface area contributed by atoms with Crippen molar-refractivity contribution >= 4 is 0 Å². The maximum absolute atomic E-state index is 5.72. The summed E-state index contributed by atoms with van der Waals surface area (Å²) in [5.74, 6) is 1.69. The summed E-state index contributed by atoms with van der Waals surface area (Å²) in [6.45, 7) is 3.96. The van der Waals surface area contributed by atoms with Gasteiger partial charge in [-0.15, -0.1) is 0 Å². The van der Waals surface area contributed by atoms with Crippen LogP contribution in [-0.4, -0.2) is 38.2 Å². The van der Waals surface area contributed by atoms with Crippen molar-refractivity contribution in [3.8, 4) is 5.75 Å². The van der Waals surface area contributed by atoms with Crippen LogP contribution in [0.3, 0.4) is 0 Å². The average Bonchev–Trinajstić information content (AvgIpc) is 2.44. The minimum atomic E-state index is 0.615. The third-order valence-electron chi connectivity index (χ3n) is 3.86. The standard InChI is InChI=1S/C16H26N2O/c1-18(11-6-2-5-10-17)13-14-9-12-19-16-8-4-3-7-15(14)16/h3-4,7-8,14H,2,5-6,9-13,17H2,1H3. The number of fused-ring (bicyclic) bond motifs is 1. The van der Waals surface area contributed by atoms with Crippen molar-refractivity contribution < 1.29 is 4.74 Å². The third-order valence-corrected chi connectivity index (χ3v) is 3.86. The van der Waals surface area contributed by atoms with Crippen molar-refractivity contribution in [3.05, 3.63) is 29.8 Å². The molecule has 0 saturated carbocycles. The first kappa shape index (κ1) is 14.4. The SMILES string of the molecule is CN(CCCCCN)CC1CCOc2ccccc21. The molecule has 1 aliphatic rings. The van der Waals surface area contributed by atoms with Crippen LogP contribution in [0.15, 0.2) is 24.3 Å². The fourth-order valence-corrected chi connectivity index (χ4v) is 2.78. The Balaban J connectivity index is 1.83. The van der Waals surface area contributed by atoms with Gasteiger partial charge in [-0.1, -0.05) is 24.6 Å². The van der Waals surface area contributed by atoms with E-state index >= 15 is 0 Å². The second kappa shape index (κ2) is 7.51. The van der Waals surface area contributed by atoms with Gasteiger partial charge in [0.25, 0.3) is 0 Å². The summed E-state index contributed by atoms with van der Waals surface area (Å²) in [5, 5.41) is 0. The molecule has 1 aromatic rings. The molecule has 1 heterocycles. The number of likely N-dealkylation sites (N-methyl/N-ethyl adjacent to an activating group) is 1. The molecule has 2 N–H and O–H groups in total. The van der Waals surface area contributed by atoms with E-state index in [1.165, 1.54) is 24.9 Å². The molecular weight excluding hydrogens is 236 g/mol. The molecule has 1 unspecified atom stereocenters. The molecule has 1 atom stereocenters. The zero-order chi connectivity index (χ0) is 13.5. The van der Waals surface area contributed by atoms with Crippen LogP contribution in [0.5, 0.6) is 5.75 Å². The highest BCUT2D eigenvalue weighted by Crippen LogP contribution is 2.33. The van der Waals surface area contributed by atoms with Crippen LogP contribution in [0.25, 0.3) is 0 Å². The minimum Gasteiger partial charge on any atom is -0.493 e. The predicted molar refractivity (Wildman–Crippen MR) is 79.7 cm³/mol. The van der Waals surface area contributed by atoms with Gasteiger partial charge in [-0.25, -0.2) is 0 Å². The van der Waals surface area contributed by atoms with Crippen molar-refractivity contribution in [2.24, 2.45) is 5.73 Å². The molecule has 2 rings (SSSR count). The molecule has 0 fully saturated rings.